The summed E-state index contributed by atoms with van der Waals surface area (Å²) in [6.07, 6.45) is 6.13. The second-order valence-electron chi connectivity index (χ2n) is 6.91. The summed E-state index contributed by atoms with van der Waals surface area (Å²) in [4.78, 5) is 18.9. The van der Waals surface area contributed by atoms with Gasteiger partial charge in [-0.25, -0.2) is 0 Å². The second kappa shape index (κ2) is 10.3. The molecular formula is C15H29LiO4. The molecule has 1 atom stereocenters. The van der Waals surface area contributed by atoms with Crippen molar-refractivity contribution in [2.45, 2.75) is 77.2 Å². The molecule has 0 saturated heterocycles. The summed E-state index contributed by atoms with van der Waals surface area (Å²) in [6, 6.07) is 0. The van der Waals surface area contributed by atoms with Crippen molar-refractivity contribution in [3.63, 3.8) is 0 Å². The topological polar surface area (TPSA) is 74.6 Å². The number of hydrogen-bond donors (Lipinski definition) is 2. The molecule has 0 fully saturated rings. The Bertz CT molecular complexity index is 281. The molecule has 0 aromatic carbocycles. The van der Waals surface area contributed by atoms with E-state index in [-0.39, 0.29) is 0 Å². The monoisotopic (exact) mass is 280 g/mol. The van der Waals surface area contributed by atoms with Gasteiger partial charge < -0.3 is 10.2 Å². The summed E-state index contributed by atoms with van der Waals surface area (Å²) in [6.45, 7) is 11.7. The molecule has 0 rings (SSSR count). The van der Waals surface area contributed by atoms with Gasteiger partial charge >= 0.3 is 106 Å². The van der Waals surface area contributed by atoms with E-state index < -0.39 is 18.4 Å². The average molecular weight is 280 g/mol. The van der Waals surface area contributed by atoms with Crippen molar-refractivity contribution in [3.8, 4) is 0 Å². The summed E-state index contributed by atoms with van der Waals surface area (Å²) in [5.41, 5.74) is 0.444. The molecule has 0 aliphatic carbocycles. The van der Waals surface area contributed by atoms with Crippen LogP contribution in [0.3, 0.4) is 0 Å². The summed E-state index contributed by atoms with van der Waals surface area (Å²) < 4.78 is 0.487. The molecule has 0 radical (unpaired) electrons. The molecular weight excluding hydrogens is 251 g/mol. The van der Waals surface area contributed by atoms with Gasteiger partial charge in [-0.15, -0.1) is 0 Å². The van der Waals surface area contributed by atoms with E-state index in [0.29, 0.717) is 9.50 Å². The summed E-state index contributed by atoms with van der Waals surface area (Å²) in [7, 11) is 0. The minimum absolute atomic E-state index is 0.444. The molecule has 0 amide bonds. The molecule has 4 nitrogen and oxygen atoms in total. The summed E-state index contributed by atoms with van der Waals surface area (Å²) in [5.74, 6) is -2.62. The van der Waals surface area contributed by atoms with E-state index in [1.54, 1.807) is 0 Å². The third kappa shape index (κ3) is 12.6. The van der Waals surface area contributed by atoms with Crippen LogP contribution in [0.25, 0.3) is 0 Å². The van der Waals surface area contributed by atoms with Crippen molar-refractivity contribution in [2.24, 2.45) is 5.41 Å². The van der Waals surface area contributed by atoms with Crippen molar-refractivity contribution in [1.29, 1.82) is 0 Å². The predicted octanol–water partition coefficient (Wildman–Crippen LogP) is 3.90. The van der Waals surface area contributed by atoms with Crippen molar-refractivity contribution in [2.75, 3.05) is 0 Å². The zero-order chi connectivity index (χ0) is 16.4. The standard InChI is InChI=1S/C12H25.C3H4O4.Li/c1-6-7-8-9-10-11(2)12(3,4)5;4-2(5)1-3(6)7;/h6-10H2,1-5H3;1H2,(H,4,5)(H,6,7);. The van der Waals surface area contributed by atoms with Crippen molar-refractivity contribution in [3.05, 3.63) is 0 Å². The second-order valence-corrected chi connectivity index (χ2v) is 6.91. The average Bonchev–Trinajstić information content (AvgIpc) is 2.21. The van der Waals surface area contributed by atoms with E-state index in [2.05, 4.69) is 52.3 Å². The van der Waals surface area contributed by atoms with E-state index in [1.807, 2.05) is 0 Å². The predicted molar refractivity (Wildman–Crippen MR) is 82.2 cm³/mol. The Labute approximate surface area is 132 Å². The summed E-state index contributed by atoms with van der Waals surface area (Å²) >= 11 is 2.40. The van der Waals surface area contributed by atoms with Crippen LogP contribution in [-0.2, 0) is 9.59 Å². The van der Waals surface area contributed by atoms with Crippen LogP contribution in [-0.4, -0.2) is 39.9 Å². The molecule has 0 spiro atoms. The minimum atomic E-state index is -1.31. The van der Waals surface area contributed by atoms with Gasteiger partial charge in [0.1, 0.15) is 6.42 Å². The number of hydrogen-bond acceptors (Lipinski definition) is 2. The summed E-state index contributed by atoms with van der Waals surface area (Å²) in [5, 5.41) is 15.4. The molecule has 0 aromatic rings. The van der Waals surface area contributed by atoms with Gasteiger partial charge in [-0.1, -0.05) is 0 Å². The van der Waals surface area contributed by atoms with Gasteiger partial charge in [0.2, 0.25) is 0 Å². The molecule has 114 valence electrons. The van der Waals surface area contributed by atoms with Gasteiger partial charge in [0.25, 0.3) is 0 Å². The fraction of sp³-hybridized carbons (Fsp3) is 0.867. The van der Waals surface area contributed by atoms with Gasteiger partial charge in [-0.3, -0.25) is 9.59 Å². The Morgan fingerprint density at radius 2 is 1.40 bits per heavy atom. The number of carbonyl (C=O) groups is 2. The zero-order valence-electron chi connectivity index (χ0n) is 14.0. The number of carboxylic acids is 2. The van der Waals surface area contributed by atoms with Crippen molar-refractivity contribution >= 4 is 29.7 Å². The SMILES string of the molecule is O=C(O)CC(=O)O.[Li][C](C)(CCCCCC)C(C)(C)C. The van der Waals surface area contributed by atoms with Gasteiger partial charge in [0.05, 0.1) is 0 Å². The van der Waals surface area contributed by atoms with E-state index in [0.717, 1.165) is 0 Å². The molecule has 0 saturated carbocycles. The maximum absolute atomic E-state index is 9.43. The van der Waals surface area contributed by atoms with Gasteiger partial charge in [-0.2, -0.15) is 0 Å². The molecule has 5 heteroatoms. The Morgan fingerprint density at radius 3 is 1.65 bits per heavy atom. The first kappa shape index (κ1) is 21.8. The van der Waals surface area contributed by atoms with E-state index in [4.69, 9.17) is 10.2 Å². The fourth-order valence-electron chi connectivity index (χ4n) is 1.50. The molecule has 20 heavy (non-hydrogen) atoms. The first-order valence-electron chi connectivity index (χ1n) is 7.37. The Kier molecular flexibility index (Phi) is 11.2. The molecule has 0 aromatic heterocycles. The molecule has 0 heterocycles. The molecule has 2 N–H and O–H groups in total. The van der Waals surface area contributed by atoms with Crippen LogP contribution in [0, 0.1) is 5.41 Å². The van der Waals surface area contributed by atoms with Crippen LogP contribution in [0.1, 0.15) is 73.1 Å². The van der Waals surface area contributed by atoms with Gasteiger partial charge in [-0.05, 0) is 0 Å². The fourth-order valence-corrected chi connectivity index (χ4v) is 1.50. The molecule has 0 aliphatic heterocycles. The quantitative estimate of drug-likeness (QED) is 0.421. The van der Waals surface area contributed by atoms with Gasteiger partial charge in [0, 0.05) is 0 Å². The van der Waals surface area contributed by atoms with Crippen LogP contribution in [0.4, 0.5) is 0 Å². The number of unbranched alkanes of at least 4 members (excludes halogenated alkanes) is 3. The van der Waals surface area contributed by atoms with Crippen molar-refractivity contribution < 1.29 is 19.8 Å². The Hall–Kier alpha value is -0.463. The van der Waals surface area contributed by atoms with Gasteiger partial charge in [0.15, 0.2) is 0 Å². The molecule has 0 bridgehead atoms. The molecule has 0 aliphatic rings. The molecule has 1 unspecified atom stereocenters. The number of carboxylic acid groups (broad SMARTS) is 2. The first-order valence-corrected chi connectivity index (χ1v) is 7.37. The van der Waals surface area contributed by atoms with Crippen LogP contribution < -0.4 is 0 Å². The Morgan fingerprint density at radius 1 is 0.950 bits per heavy atom. The van der Waals surface area contributed by atoms with Crippen LogP contribution in [0.2, 0.25) is 4.09 Å². The van der Waals surface area contributed by atoms with Crippen LogP contribution in [0.15, 0.2) is 0 Å². The van der Waals surface area contributed by atoms with Crippen LogP contribution in [0.5, 0.6) is 0 Å². The third-order valence-corrected chi connectivity index (χ3v) is 3.99. The normalized spacial score (nSPS) is 13.9. The first-order chi connectivity index (χ1) is 8.94. The Balaban J connectivity index is 0. The van der Waals surface area contributed by atoms with E-state index in [1.165, 1.54) is 32.1 Å². The van der Waals surface area contributed by atoms with Crippen LogP contribution >= 0.6 is 0 Å². The number of rotatable bonds is 7. The van der Waals surface area contributed by atoms with Crippen molar-refractivity contribution in [1.82, 2.24) is 0 Å². The third-order valence-electron chi connectivity index (χ3n) is 3.99. The number of aliphatic carboxylic acids is 2. The van der Waals surface area contributed by atoms with E-state index in [9.17, 15) is 9.59 Å². The maximum atomic E-state index is 9.43. The zero-order valence-corrected chi connectivity index (χ0v) is 14.0. The van der Waals surface area contributed by atoms with E-state index >= 15 is 0 Å².